The minimum absolute atomic E-state index is 0. The van der Waals surface area contributed by atoms with Crippen LogP contribution in [0.25, 0.3) is 6.08 Å². The van der Waals surface area contributed by atoms with Crippen molar-refractivity contribution in [2.24, 2.45) is 0 Å². The van der Waals surface area contributed by atoms with E-state index >= 15 is 0 Å². The molecule has 0 unspecified atom stereocenters. The molecule has 2 aromatic rings. The van der Waals surface area contributed by atoms with Gasteiger partial charge in [-0.15, -0.1) is 0 Å². The molecule has 0 saturated heterocycles. The molecule has 0 spiro atoms. The largest absolute Gasteiger partial charge is 1.00 e. The summed E-state index contributed by atoms with van der Waals surface area (Å²) in [7, 11) is 1.52. The summed E-state index contributed by atoms with van der Waals surface area (Å²) in [4.78, 5) is 23.0. The first kappa shape index (κ1) is 18.2. The van der Waals surface area contributed by atoms with Crippen LogP contribution in [0.2, 0.25) is 0 Å². The molecule has 5 heteroatoms. The number of methoxy groups -OCH3 is 1. The summed E-state index contributed by atoms with van der Waals surface area (Å²) < 4.78 is 5.06. The van der Waals surface area contributed by atoms with Crippen LogP contribution < -0.4 is 39.4 Å². The van der Waals surface area contributed by atoms with E-state index in [-0.39, 0.29) is 40.9 Å². The molecule has 0 heterocycles. The third-order valence-corrected chi connectivity index (χ3v) is 2.95. The molecule has 0 aromatic heterocycles. The van der Waals surface area contributed by atoms with Crippen LogP contribution in [0.15, 0.2) is 54.6 Å². The second-order valence-corrected chi connectivity index (χ2v) is 4.30. The molecule has 2 aromatic carbocycles. The van der Waals surface area contributed by atoms with Crippen LogP contribution in [-0.2, 0) is 0 Å². The van der Waals surface area contributed by atoms with Gasteiger partial charge in [-0.05, 0) is 23.8 Å². The van der Waals surface area contributed by atoms with Crippen LogP contribution in [0.5, 0.6) is 5.75 Å². The van der Waals surface area contributed by atoms with Gasteiger partial charge in [-0.2, -0.15) is 0 Å². The Labute approximate surface area is 150 Å². The molecule has 0 saturated carbocycles. The van der Waals surface area contributed by atoms with Crippen molar-refractivity contribution in [3.63, 3.8) is 0 Å². The maximum absolute atomic E-state index is 12.1. The summed E-state index contributed by atoms with van der Waals surface area (Å²) in [6, 6.07) is 13.1. The minimum atomic E-state index is -1.27. The fourth-order valence-corrected chi connectivity index (χ4v) is 1.87. The van der Waals surface area contributed by atoms with E-state index in [1.807, 2.05) is 0 Å². The van der Waals surface area contributed by atoms with Crippen molar-refractivity contribution < 1.29 is 49.0 Å². The molecule has 106 valence electrons. The summed E-state index contributed by atoms with van der Waals surface area (Å²) in [5.74, 6) is -0.921. The van der Waals surface area contributed by atoms with Crippen molar-refractivity contribution in [1.29, 1.82) is 0 Å². The van der Waals surface area contributed by atoms with Gasteiger partial charge in [0.25, 0.3) is 0 Å². The second kappa shape index (κ2) is 8.54. The number of ether oxygens (including phenoxy) is 1. The van der Waals surface area contributed by atoms with Crippen molar-refractivity contribution in [1.82, 2.24) is 0 Å². The molecule has 0 fully saturated rings. The van der Waals surface area contributed by atoms with Crippen molar-refractivity contribution in [2.75, 3.05) is 7.11 Å². The second-order valence-electron chi connectivity index (χ2n) is 4.30. The molecule has 0 atom stereocenters. The zero-order valence-electron chi connectivity index (χ0n) is 12.4. The van der Waals surface area contributed by atoms with Gasteiger partial charge in [0, 0.05) is 11.1 Å². The Kier molecular flexibility index (Phi) is 7.05. The van der Waals surface area contributed by atoms with Crippen LogP contribution in [0.4, 0.5) is 0 Å². The fourth-order valence-electron chi connectivity index (χ4n) is 1.87. The predicted molar refractivity (Wildman–Crippen MR) is 77.1 cm³/mol. The first-order chi connectivity index (χ1) is 10.1. The number of hydrogen-bond acceptors (Lipinski definition) is 4. The molecule has 0 radical (unpaired) electrons. The molecule has 0 aliphatic rings. The van der Waals surface area contributed by atoms with Crippen molar-refractivity contribution >= 4 is 17.8 Å². The van der Waals surface area contributed by atoms with Crippen LogP contribution >= 0.6 is 0 Å². The Morgan fingerprint density at radius 2 is 1.82 bits per heavy atom. The molecule has 4 nitrogen and oxygen atoms in total. The number of carbonyl (C=O) groups excluding carboxylic acids is 2. The first-order valence-corrected chi connectivity index (χ1v) is 6.28. The first-order valence-electron chi connectivity index (χ1n) is 6.28. The van der Waals surface area contributed by atoms with Gasteiger partial charge in [0.2, 0.25) is 0 Å². The molecule has 0 bridgehead atoms. The van der Waals surface area contributed by atoms with Gasteiger partial charge >= 0.3 is 29.6 Å². The Morgan fingerprint density at radius 3 is 2.50 bits per heavy atom. The molecular weight excluding hydrogens is 291 g/mol. The Hall–Kier alpha value is -1.88. The Morgan fingerprint density at radius 1 is 1.09 bits per heavy atom. The van der Waals surface area contributed by atoms with Crippen molar-refractivity contribution in [3.8, 4) is 5.75 Å². The van der Waals surface area contributed by atoms with E-state index in [0.29, 0.717) is 16.9 Å². The van der Waals surface area contributed by atoms with Crippen LogP contribution in [0.3, 0.4) is 0 Å². The zero-order valence-corrected chi connectivity index (χ0v) is 14.4. The number of allylic oxidation sites excluding steroid dienone is 1. The van der Waals surface area contributed by atoms with E-state index < -0.39 is 5.97 Å². The summed E-state index contributed by atoms with van der Waals surface area (Å²) in [6.07, 6.45) is 2.80. The topological polar surface area (TPSA) is 66.4 Å². The van der Waals surface area contributed by atoms with Gasteiger partial charge in [-0.1, -0.05) is 42.5 Å². The van der Waals surface area contributed by atoms with E-state index in [0.717, 1.165) is 0 Å². The number of rotatable bonds is 5. The van der Waals surface area contributed by atoms with E-state index in [9.17, 15) is 14.7 Å². The Balaban J connectivity index is 0.00000242. The van der Waals surface area contributed by atoms with Gasteiger partial charge in [0.1, 0.15) is 5.75 Å². The number of hydrogen-bond donors (Lipinski definition) is 0. The standard InChI is InChI=1S/C17H14O4.Na/c1-21-14-7-4-6-13(11-14)16(18)10-9-12-5-2-3-8-15(12)17(19)20;/h2-11H,1H3,(H,19,20);/q;+1/p-1. The zero-order chi connectivity index (χ0) is 15.2. The third-order valence-electron chi connectivity index (χ3n) is 2.95. The van der Waals surface area contributed by atoms with Crippen LogP contribution in [-0.4, -0.2) is 18.9 Å². The third kappa shape index (κ3) is 4.56. The number of aromatic carboxylic acids is 1. The average Bonchev–Trinajstić information content (AvgIpc) is 2.52. The van der Waals surface area contributed by atoms with E-state index in [4.69, 9.17) is 4.74 Å². The molecule has 0 aliphatic heterocycles. The van der Waals surface area contributed by atoms with Gasteiger partial charge in [-0.3, -0.25) is 4.79 Å². The maximum Gasteiger partial charge on any atom is 1.00 e. The number of carbonyl (C=O) groups is 2. The Bertz CT molecular complexity index is 707. The van der Waals surface area contributed by atoms with Gasteiger partial charge in [0.15, 0.2) is 5.78 Å². The summed E-state index contributed by atoms with van der Waals surface area (Å²) in [6.45, 7) is 0. The predicted octanol–water partition coefficient (Wildman–Crippen LogP) is -1.04. The summed E-state index contributed by atoms with van der Waals surface area (Å²) >= 11 is 0. The molecule has 22 heavy (non-hydrogen) atoms. The van der Waals surface area contributed by atoms with Crippen molar-refractivity contribution in [2.45, 2.75) is 0 Å². The average molecular weight is 304 g/mol. The van der Waals surface area contributed by atoms with E-state index in [1.54, 1.807) is 42.5 Å². The smallest absolute Gasteiger partial charge is 0.545 e. The molecule has 2 rings (SSSR count). The number of ketones is 1. The maximum atomic E-state index is 12.1. The number of carboxylic acids is 1. The molecule has 0 amide bonds. The van der Waals surface area contributed by atoms with E-state index in [2.05, 4.69) is 0 Å². The number of carboxylic acid groups (broad SMARTS) is 1. The van der Waals surface area contributed by atoms with Crippen molar-refractivity contribution in [3.05, 3.63) is 71.3 Å². The molecular formula is C17H13NaO4. The number of benzene rings is 2. The van der Waals surface area contributed by atoms with Crippen LogP contribution in [0, 0.1) is 0 Å². The molecule has 0 N–H and O–H groups in total. The quantitative estimate of drug-likeness (QED) is 0.402. The minimum Gasteiger partial charge on any atom is -0.545 e. The monoisotopic (exact) mass is 304 g/mol. The van der Waals surface area contributed by atoms with Crippen LogP contribution in [0.1, 0.15) is 26.3 Å². The van der Waals surface area contributed by atoms with Gasteiger partial charge < -0.3 is 14.6 Å². The SMILES string of the molecule is COc1cccc(C(=O)C=Cc2ccccc2C(=O)[O-])c1.[Na+]. The van der Waals surface area contributed by atoms with Gasteiger partial charge in [-0.25, -0.2) is 0 Å². The fraction of sp³-hybridized carbons (Fsp3) is 0.0588. The molecule has 0 aliphatic carbocycles. The van der Waals surface area contributed by atoms with E-state index in [1.165, 1.54) is 25.3 Å². The summed E-state index contributed by atoms with van der Waals surface area (Å²) in [5.41, 5.74) is 0.942. The van der Waals surface area contributed by atoms with Gasteiger partial charge in [0.05, 0.1) is 13.1 Å². The normalized spacial score (nSPS) is 10.0. The summed E-state index contributed by atoms with van der Waals surface area (Å²) in [5, 5.41) is 11.0.